The van der Waals surface area contributed by atoms with Crippen molar-refractivity contribution in [1.82, 2.24) is 25.8 Å². The number of benzene rings is 1. The Bertz CT molecular complexity index is 1340. The molecule has 2 saturated heterocycles. The van der Waals surface area contributed by atoms with Crippen LogP contribution < -0.4 is 16.0 Å². The van der Waals surface area contributed by atoms with Gasteiger partial charge in [-0.25, -0.2) is 4.98 Å². The monoisotopic (exact) mass is 563 g/mol. The summed E-state index contributed by atoms with van der Waals surface area (Å²) in [7, 11) is 0. The number of amides is 4. The molecule has 1 aromatic heterocycles. The smallest absolute Gasteiger partial charge is 0.289 e. The van der Waals surface area contributed by atoms with Gasteiger partial charge in [-0.15, -0.1) is 11.3 Å². The van der Waals surface area contributed by atoms with Gasteiger partial charge in [0.15, 0.2) is 0 Å². The van der Waals surface area contributed by atoms with Crippen molar-refractivity contribution in [3.63, 3.8) is 0 Å². The maximum atomic E-state index is 13.8. The first kappa shape index (κ1) is 26.6. The molecule has 4 fully saturated rings. The lowest BCUT2D eigenvalue weighted by molar-refractivity contribution is -0.141. The van der Waals surface area contributed by atoms with Gasteiger partial charge in [-0.05, 0) is 56.8 Å². The van der Waals surface area contributed by atoms with Gasteiger partial charge in [0.2, 0.25) is 17.6 Å². The van der Waals surface area contributed by atoms with Crippen LogP contribution in [-0.2, 0) is 19.2 Å². The first-order chi connectivity index (χ1) is 19.3. The van der Waals surface area contributed by atoms with Crippen molar-refractivity contribution in [2.45, 2.75) is 69.5 Å². The summed E-state index contributed by atoms with van der Waals surface area (Å²) in [6, 6.07) is 7.67. The van der Waals surface area contributed by atoms with Crippen molar-refractivity contribution in [2.75, 3.05) is 13.1 Å². The molecule has 11 heteroatoms. The Morgan fingerprint density at radius 2 is 1.88 bits per heavy atom. The Morgan fingerprint density at radius 3 is 2.55 bits per heavy atom. The van der Waals surface area contributed by atoms with Gasteiger partial charge in [0.1, 0.15) is 16.7 Å². The second-order valence-corrected chi connectivity index (χ2v) is 12.4. The minimum Gasteiger partial charge on any atom is -0.356 e. The lowest BCUT2D eigenvalue weighted by Crippen LogP contribution is -2.58. The van der Waals surface area contributed by atoms with E-state index in [1.807, 2.05) is 30.3 Å². The third-order valence-electron chi connectivity index (χ3n) is 8.60. The van der Waals surface area contributed by atoms with E-state index in [4.69, 9.17) is 0 Å². The molecule has 3 heterocycles. The van der Waals surface area contributed by atoms with Crippen LogP contribution in [0.5, 0.6) is 0 Å². The molecule has 2 aliphatic heterocycles. The van der Waals surface area contributed by atoms with Gasteiger partial charge in [-0.2, -0.15) is 0 Å². The van der Waals surface area contributed by atoms with Gasteiger partial charge >= 0.3 is 0 Å². The van der Waals surface area contributed by atoms with Gasteiger partial charge in [0.25, 0.3) is 11.8 Å². The molecule has 10 nitrogen and oxygen atoms in total. The van der Waals surface area contributed by atoms with E-state index >= 15 is 0 Å². The Labute approximate surface area is 236 Å². The van der Waals surface area contributed by atoms with Crippen molar-refractivity contribution >= 4 is 40.7 Å². The standard InChI is InChI=1S/C29H33N5O5S/c35-23(26(38)31-19-6-7-19)20(14-18-8-12-30-24(18)36)32-25(37)22-15-29(9-10-29)11-13-34(22)28(39)21-16-40-27(33-21)17-4-2-1-3-5-17/h1-5,16,18-20,22H,6-15H2,(H,30,36)(H,31,38)(H,32,37). The van der Waals surface area contributed by atoms with Gasteiger partial charge in [0, 0.05) is 36.0 Å². The molecule has 2 aliphatic carbocycles. The van der Waals surface area contributed by atoms with Crippen molar-refractivity contribution in [3.8, 4) is 10.6 Å². The molecule has 1 spiro atoms. The number of likely N-dealkylation sites (tertiary alicyclic amines) is 1. The first-order valence-electron chi connectivity index (χ1n) is 14.1. The molecule has 6 rings (SSSR count). The highest BCUT2D eigenvalue weighted by atomic mass is 32.1. The van der Waals surface area contributed by atoms with Crippen LogP contribution in [0, 0.1) is 11.3 Å². The third-order valence-corrected chi connectivity index (χ3v) is 9.49. The summed E-state index contributed by atoms with van der Waals surface area (Å²) in [6.45, 7) is 0.916. The summed E-state index contributed by atoms with van der Waals surface area (Å²) in [5.41, 5.74) is 1.23. The van der Waals surface area contributed by atoms with Crippen molar-refractivity contribution < 1.29 is 24.0 Å². The summed E-state index contributed by atoms with van der Waals surface area (Å²) in [5.74, 6) is -2.92. The molecule has 3 unspecified atom stereocenters. The van der Waals surface area contributed by atoms with Crippen LogP contribution in [-0.4, -0.2) is 70.5 Å². The average molecular weight is 564 g/mol. The zero-order chi connectivity index (χ0) is 27.9. The zero-order valence-electron chi connectivity index (χ0n) is 22.2. The summed E-state index contributed by atoms with van der Waals surface area (Å²) >= 11 is 1.38. The number of carbonyl (C=O) groups excluding carboxylic acids is 5. The molecule has 0 radical (unpaired) electrons. The number of hydrogen-bond donors (Lipinski definition) is 3. The molecular weight excluding hydrogens is 530 g/mol. The Kier molecular flexibility index (Phi) is 7.16. The fourth-order valence-electron chi connectivity index (χ4n) is 5.77. The van der Waals surface area contributed by atoms with E-state index in [0.717, 1.165) is 42.7 Å². The summed E-state index contributed by atoms with van der Waals surface area (Å²) in [6.07, 6.45) is 5.55. The fourth-order valence-corrected chi connectivity index (χ4v) is 6.57. The molecule has 4 amide bonds. The van der Waals surface area contributed by atoms with E-state index in [2.05, 4.69) is 20.9 Å². The molecule has 40 heavy (non-hydrogen) atoms. The van der Waals surface area contributed by atoms with Crippen LogP contribution in [0.3, 0.4) is 0 Å². The lowest BCUT2D eigenvalue weighted by atomic mass is 9.86. The van der Waals surface area contributed by atoms with E-state index in [-0.39, 0.29) is 35.4 Å². The number of ketones is 1. The van der Waals surface area contributed by atoms with Gasteiger partial charge in [-0.3, -0.25) is 24.0 Å². The highest BCUT2D eigenvalue weighted by molar-refractivity contribution is 7.13. The predicted octanol–water partition coefficient (Wildman–Crippen LogP) is 2.05. The SMILES string of the molecule is O=C(NC1CC1)C(=O)C(CC1CCNC1=O)NC(=O)C1CC2(CCN1C(=O)c1csc(-c3ccccc3)n1)CC2. The van der Waals surface area contributed by atoms with Crippen LogP contribution >= 0.6 is 11.3 Å². The van der Waals surface area contributed by atoms with E-state index in [9.17, 15) is 24.0 Å². The number of nitrogens with zero attached hydrogens (tertiary/aromatic N) is 2. The fraction of sp³-hybridized carbons (Fsp3) is 0.517. The molecule has 1 aromatic carbocycles. The largest absolute Gasteiger partial charge is 0.356 e. The molecule has 3 N–H and O–H groups in total. The minimum absolute atomic E-state index is 0.0114. The second-order valence-electron chi connectivity index (χ2n) is 11.6. The van der Waals surface area contributed by atoms with Crippen molar-refractivity contribution in [2.24, 2.45) is 11.3 Å². The number of rotatable bonds is 9. The number of thiazole rings is 1. The maximum absolute atomic E-state index is 13.8. The maximum Gasteiger partial charge on any atom is 0.289 e. The van der Waals surface area contributed by atoms with Crippen LogP contribution in [0.15, 0.2) is 35.7 Å². The molecule has 210 valence electrons. The molecule has 2 saturated carbocycles. The second kappa shape index (κ2) is 10.8. The van der Waals surface area contributed by atoms with Crippen LogP contribution in [0.25, 0.3) is 10.6 Å². The number of nitrogens with one attached hydrogen (secondary N) is 3. The Hall–Kier alpha value is -3.60. The average Bonchev–Trinajstić information content (AvgIpc) is 3.84. The van der Waals surface area contributed by atoms with E-state index < -0.39 is 35.6 Å². The van der Waals surface area contributed by atoms with E-state index in [0.29, 0.717) is 25.9 Å². The topological polar surface area (TPSA) is 138 Å². The number of piperidine rings is 1. The van der Waals surface area contributed by atoms with Gasteiger partial charge in [0.05, 0.1) is 6.04 Å². The van der Waals surface area contributed by atoms with Crippen molar-refractivity contribution in [1.29, 1.82) is 0 Å². The summed E-state index contributed by atoms with van der Waals surface area (Å²) in [4.78, 5) is 71.7. The molecular formula is C29H33N5O5S. The number of aromatic nitrogens is 1. The summed E-state index contributed by atoms with van der Waals surface area (Å²) < 4.78 is 0. The molecule has 4 aliphatic rings. The van der Waals surface area contributed by atoms with Gasteiger partial charge in [-0.1, -0.05) is 30.3 Å². The normalized spacial score (nSPS) is 23.8. The predicted molar refractivity (Wildman–Crippen MR) is 147 cm³/mol. The summed E-state index contributed by atoms with van der Waals surface area (Å²) in [5, 5.41) is 10.7. The quantitative estimate of drug-likeness (QED) is 0.400. The van der Waals surface area contributed by atoms with Crippen LogP contribution in [0.4, 0.5) is 0 Å². The third kappa shape index (κ3) is 5.65. The minimum atomic E-state index is -1.14. The van der Waals surface area contributed by atoms with Crippen LogP contribution in [0.1, 0.15) is 61.9 Å². The molecule has 0 bridgehead atoms. The van der Waals surface area contributed by atoms with E-state index in [1.165, 1.54) is 11.3 Å². The van der Waals surface area contributed by atoms with Crippen molar-refractivity contribution in [3.05, 3.63) is 41.4 Å². The Balaban J connectivity index is 1.21. The lowest BCUT2D eigenvalue weighted by Gasteiger charge is -2.39. The number of hydrogen-bond acceptors (Lipinski definition) is 7. The Morgan fingerprint density at radius 1 is 1.10 bits per heavy atom. The van der Waals surface area contributed by atoms with Crippen LogP contribution in [0.2, 0.25) is 0 Å². The molecule has 2 aromatic rings. The molecule has 3 atom stereocenters. The van der Waals surface area contributed by atoms with Gasteiger partial charge < -0.3 is 20.9 Å². The highest BCUT2D eigenvalue weighted by Crippen LogP contribution is 2.55. The van der Waals surface area contributed by atoms with E-state index in [1.54, 1.807) is 10.3 Å². The number of carbonyl (C=O) groups is 5. The zero-order valence-corrected chi connectivity index (χ0v) is 23.0. The number of Topliss-reactive ketones (excluding diaryl/α,β-unsaturated/α-hetero) is 1. The highest BCUT2D eigenvalue weighted by Gasteiger charge is 2.51. The first-order valence-corrected chi connectivity index (χ1v) is 14.9.